The van der Waals surface area contributed by atoms with Crippen LogP contribution in [0.2, 0.25) is 0 Å². The molecule has 1 aromatic rings. The summed E-state index contributed by atoms with van der Waals surface area (Å²) in [4.78, 5) is 27.7. The van der Waals surface area contributed by atoms with Crippen molar-refractivity contribution in [3.05, 3.63) is 29.8 Å². The molecule has 2 atom stereocenters. The Kier molecular flexibility index (Phi) is 6.37. The minimum absolute atomic E-state index is 0.0854. The van der Waals surface area contributed by atoms with E-state index in [4.69, 9.17) is 5.11 Å². The molecule has 6 heteroatoms. The van der Waals surface area contributed by atoms with Crippen LogP contribution in [-0.4, -0.2) is 53.7 Å². The Hall–Kier alpha value is -2.08. The summed E-state index contributed by atoms with van der Waals surface area (Å²) >= 11 is 0. The number of aryl methyl sites for hydroxylation is 1. The third-order valence-electron chi connectivity index (χ3n) is 6.13. The van der Waals surface area contributed by atoms with Crippen molar-refractivity contribution in [3.8, 4) is 0 Å². The maximum Gasteiger partial charge on any atom is 0.325 e. The third kappa shape index (κ3) is 4.61. The maximum absolute atomic E-state index is 13.1. The molecule has 27 heavy (non-hydrogen) atoms. The van der Waals surface area contributed by atoms with Gasteiger partial charge in [-0.15, -0.1) is 0 Å². The highest BCUT2D eigenvalue weighted by atomic mass is 16.4. The zero-order chi connectivity index (χ0) is 19.4. The first-order chi connectivity index (χ1) is 13.0. The van der Waals surface area contributed by atoms with Crippen molar-refractivity contribution in [1.82, 2.24) is 10.2 Å². The van der Waals surface area contributed by atoms with Crippen molar-refractivity contribution in [2.75, 3.05) is 24.5 Å². The molecule has 2 N–H and O–H groups in total. The number of anilines is 1. The molecular formula is C21H31N3O3. The third-order valence-corrected chi connectivity index (χ3v) is 6.13. The molecule has 2 aliphatic rings. The van der Waals surface area contributed by atoms with Crippen LogP contribution in [0, 0.1) is 5.92 Å². The lowest BCUT2D eigenvalue weighted by molar-refractivity contribution is -0.136. The Morgan fingerprint density at radius 2 is 1.81 bits per heavy atom. The molecule has 6 nitrogen and oxygen atoms in total. The van der Waals surface area contributed by atoms with Gasteiger partial charge in [-0.05, 0) is 76.2 Å². The van der Waals surface area contributed by atoms with Crippen LogP contribution in [0.1, 0.15) is 45.1 Å². The van der Waals surface area contributed by atoms with Crippen LogP contribution in [-0.2, 0) is 11.2 Å². The van der Waals surface area contributed by atoms with E-state index in [0.29, 0.717) is 12.3 Å². The molecule has 0 saturated carbocycles. The van der Waals surface area contributed by atoms with Crippen molar-refractivity contribution in [2.24, 2.45) is 5.92 Å². The van der Waals surface area contributed by atoms with E-state index < -0.39 is 5.97 Å². The van der Waals surface area contributed by atoms with Gasteiger partial charge in [0.05, 0.1) is 12.1 Å². The monoisotopic (exact) mass is 373 g/mol. The number of carboxylic acids is 1. The van der Waals surface area contributed by atoms with E-state index in [0.717, 1.165) is 37.3 Å². The number of carbonyl (C=O) groups excluding carboxylic acids is 1. The van der Waals surface area contributed by atoms with E-state index in [2.05, 4.69) is 19.2 Å². The number of piperidine rings is 1. The van der Waals surface area contributed by atoms with Gasteiger partial charge in [0.15, 0.2) is 0 Å². The molecule has 2 aliphatic heterocycles. The van der Waals surface area contributed by atoms with Gasteiger partial charge in [0.1, 0.15) is 0 Å². The number of amides is 2. The molecule has 3 rings (SSSR count). The molecule has 0 radical (unpaired) electrons. The summed E-state index contributed by atoms with van der Waals surface area (Å²) in [5, 5.41) is 12.2. The number of carbonyl (C=O) groups is 2. The Bertz CT molecular complexity index is 655. The summed E-state index contributed by atoms with van der Waals surface area (Å²) in [7, 11) is 0. The van der Waals surface area contributed by atoms with Crippen molar-refractivity contribution in [2.45, 2.75) is 58.0 Å². The fourth-order valence-corrected chi connectivity index (χ4v) is 4.17. The van der Waals surface area contributed by atoms with Gasteiger partial charge < -0.3 is 15.3 Å². The number of rotatable bonds is 7. The van der Waals surface area contributed by atoms with E-state index >= 15 is 0 Å². The molecular weight excluding hydrogens is 342 g/mol. The summed E-state index contributed by atoms with van der Waals surface area (Å²) in [5.41, 5.74) is 1.87. The predicted octanol–water partition coefficient (Wildman–Crippen LogP) is 3.11. The van der Waals surface area contributed by atoms with Crippen molar-refractivity contribution in [3.63, 3.8) is 0 Å². The second kappa shape index (κ2) is 8.74. The highest BCUT2D eigenvalue weighted by Gasteiger charge is 2.41. The molecule has 2 fully saturated rings. The minimum Gasteiger partial charge on any atom is -0.481 e. The summed E-state index contributed by atoms with van der Waals surface area (Å²) in [6.45, 7) is 7.23. The Labute approximate surface area is 161 Å². The van der Waals surface area contributed by atoms with E-state index in [1.807, 2.05) is 34.1 Å². The Morgan fingerprint density at radius 1 is 1.15 bits per heavy atom. The topological polar surface area (TPSA) is 72.9 Å². The number of carboxylic acid groups (broad SMARTS) is 1. The van der Waals surface area contributed by atoms with E-state index in [1.165, 1.54) is 12.8 Å². The molecule has 2 saturated heterocycles. The maximum atomic E-state index is 13.1. The average Bonchev–Trinajstić information content (AvgIpc) is 2.88. The van der Waals surface area contributed by atoms with Gasteiger partial charge in [0.25, 0.3) is 0 Å². The van der Waals surface area contributed by atoms with Crippen molar-refractivity contribution < 1.29 is 14.7 Å². The van der Waals surface area contributed by atoms with E-state index in [-0.39, 0.29) is 24.5 Å². The van der Waals surface area contributed by atoms with Gasteiger partial charge in [-0.2, -0.15) is 0 Å². The van der Waals surface area contributed by atoms with Gasteiger partial charge in [0.2, 0.25) is 0 Å². The smallest absolute Gasteiger partial charge is 0.325 e. The lowest BCUT2D eigenvalue weighted by atomic mass is 9.94. The first kappa shape index (κ1) is 19.7. The van der Waals surface area contributed by atoms with Crippen molar-refractivity contribution >= 4 is 17.7 Å². The first-order valence-electron chi connectivity index (χ1n) is 10.1. The summed E-state index contributed by atoms with van der Waals surface area (Å²) in [6, 6.07) is 8.13. The van der Waals surface area contributed by atoms with Gasteiger partial charge in [-0.1, -0.05) is 12.1 Å². The number of benzene rings is 1. The first-order valence-corrected chi connectivity index (χ1v) is 10.1. The van der Waals surface area contributed by atoms with E-state index in [9.17, 15) is 9.59 Å². The summed E-state index contributed by atoms with van der Waals surface area (Å²) < 4.78 is 0. The van der Waals surface area contributed by atoms with Crippen LogP contribution in [0.3, 0.4) is 0 Å². The van der Waals surface area contributed by atoms with Gasteiger partial charge >= 0.3 is 12.0 Å². The lowest BCUT2D eigenvalue weighted by Gasteiger charge is -2.27. The molecule has 148 valence electrons. The van der Waals surface area contributed by atoms with Crippen LogP contribution in [0.4, 0.5) is 10.5 Å². The highest BCUT2D eigenvalue weighted by molar-refractivity contribution is 5.95. The van der Waals surface area contributed by atoms with Gasteiger partial charge in [-0.3, -0.25) is 9.69 Å². The number of nitrogens with one attached hydrogen (secondary N) is 1. The number of hydrogen-bond donors (Lipinski definition) is 2. The SMILES string of the molecule is CC1C(C)N(c2ccc(CCC(=O)O)cc2)C(=O)N1CCC1CCNCC1. The number of hydrogen-bond acceptors (Lipinski definition) is 3. The molecule has 2 amide bonds. The van der Waals surface area contributed by atoms with Crippen LogP contribution in [0.5, 0.6) is 0 Å². The fourth-order valence-electron chi connectivity index (χ4n) is 4.17. The molecule has 1 aromatic carbocycles. The normalized spacial score (nSPS) is 23.9. The Balaban J connectivity index is 1.63. The average molecular weight is 373 g/mol. The minimum atomic E-state index is -0.791. The zero-order valence-electron chi connectivity index (χ0n) is 16.4. The van der Waals surface area contributed by atoms with Gasteiger partial charge in [-0.25, -0.2) is 4.79 Å². The van der Waals surface area contributed by atoms with Crippen LogP contribution < -0.4 is 10.2 Å². The molecule has 0 bridgehead atoms. The van der Waals surface area contributed by atoms with Crippen LogP contribution in [0.15, 0.2) is 24.3 Å². The Morgan fingerprint density at radius 3 is 2.44 bits per heavy atom. The standard InChI is InChI=1S/C21H31N3O3/c1-15-16(2)24(19-6-3-17(4-7-19)5-8-20(25)26)21(27)23(15)14-11-18-9-12-22-13-10-18/h3-4,6-7,15-16,18,22H,5,8-14H2,1-2H3,(H,25,26). The summed E-state index contributed by atoms with van der Waals surface area (Å²) in [6.07, 6.45) is 4.12. The van der Waals surface area contributed by atoms with Crippen molar-refractivity contribution in [1.29, 1.82) is 0 Å². The largest absolute Gasteiger partial charge is 0.481 e. The molecule has 0 aromatic heterocycles. The fraction of sp³-hybridized carbons (Fsp3) is 0.619. The quantitative estimate of drug-likeness (QED) is 0.770. The predicted molar refractivity (Wildman–Crippen MR) is 106 cm³/mol. The van der Waals surface area contributed by atoms with Crippen LogP contribution >= 0.6 is 0 Å². The molecule has 2 unspecified atom stereocenters. The summed E-state index contributed by atoms with van der Waals surface area (Å²) in [5.74, 6) is -0.0789. The number of nitrogens with zero attached hydrogens (tertiary/aromatic N) is 2. The second-order valence-electron chi connectivity index (χ2n) is 7.87. The number of aliphatic carboxylic acids is 1. The second-order valence-corrected chi connectivity index (χ2v) is 7.87. The highest BCUT2D eigenvalue weighted by Crippen LogP contribution is 2.30. The molecule has 2 heterocycles. The molecule has 0 spiro atoms. The zero-order valence-corrected chi connectivity index (χ0v) is 16.4. The number of urea groups is 1. The lowest BCUT2D eigenvalue weighted by Crippen LogP contribution is -2.36. The molecule has 0 aliphatic carbocycles. The van der Waals surface area contributed by atoms with E-state index in [1.54, 1.807) is 0 Å². The van der Waals surface area contributed by atoms with Gasteiger partial charge in [0, 0.05) is 18.7 Å². The van der Waals surface area contributed by atoms with Crippen LogP contribution in [0.25, 0.3) is 0 Å².